The van der Waals surface area contributed by atoms with Crippen LogP contribution in [0.4, 0.5) is 0 Å². The number of rotatable bonds is 1. The largest absolute Gasteiger partial charge is 0.326 e. The highest BCUT2D eigenvalue weighted by atomic mass is 16.1. The van der Waals surface area contributed by atoms with Gasteiger partial charge < -0.3 is 5.32 Å². The zero-order valence-electron chi connectivity index (χ0n) is 11.3. The molecule has 1 amide bonds. The predicted molar refractivity (Wildman–Crippen MR) is 72.1 cm³/mol. The summed E-state index contributed by atoms with van der Waals surface area (Å²) in [6.45, 7) is 13.7. The van der Waals surface area contributed by atoms with Gasteiger partial charge in [0.05, 0.1) is 0 Å². The summed E-state index contributed by atoms with van der Waals surface area (Å²) >= 11 is 0. The van der Waals surface area contributed by atoms with Crippen molar-refractivity contribution in [1.82, 2.24) is 5.32 Å². The molecule has 1 fully saturated rings. The van der Waals surface area contributed by atoms with Crippen LogP contribution in [0.5, 0.6) is 0 Å². The molecule has 0 aliphatic carbocycles. The molecule has 0 bridgehead atoms. The lowest BCUT2D eigenvalue weighted by molar-refractivity contribution is -0.120. The van der Waals surface area contributed by atoms with Crippen LogP contribution in [0.2, 0.25) is 0 Å². The first-order valence-corrected chi connectivity index (χ1v) is 6.05. The molecule has 1 aliphatic rings. The Balaban J connectivity index is 0. The monoisotopic (exact) mass is 223 g/mol. The minimum Gasteiger partial charge on any atom is -0.326 e. The third-order valence-corrected chi connectivity index (χ3v) is 1.79. The van der Waals surface area contributed by atoms with E-state index in [0.29, 0.717) is 6.42 Å². The van der Waals surface area contributed by atoms with Gasteiger partial charge >= 0.3 is 0 Å². The van der Waals surface area contributed by atoms with E-state index in [1.165, 1.54) is 0 Å². The summed E-state index contributed by atoms with van der Waals surface area (Å²) in [6.07, 6.45) is 7.27. The Kier molecular flexibility index (Phi) is 12.6. The highest BCUT2D eigenvalue weighted by molar-refractivity contribution is 5.81. The van der Waals surface area contributed by atoms with Gasteiger partial charge in [0.25, 0.3) is 0 Å². The Morgan fingerprint density at radius 1 is 1.19 bits per heavy atom. The van der Waals surface area contributed by atoms with Crippen molar-refractivity contribution < 1.29 is 4.79 Å². The Labute approximate surface area is 100 Å². The van der Waals surface area contributed by atoms with Gasteiger partial charge in [-0.3, -0.25) is 4.79 Å². The van der Waals surface area contributed by atoms with Crippen molar-refractivity contribution >= 4 is 5.91 Å². The van der Waals surface area contributed by atoms with E-state index < -0.39 is 0 Å². The van der Waals surface area contributed by atoms with Gasteiger partial charge in [-0.15, -0.1) is 0 Å². The first kappa shape index (κ1) is 17.1. The minimum absolute atomic E-state index is 0.0672. The number of carbonyl (C=O) groups is 1. The van der Waals surface area contributed by atoms with Crippen molar-refractivity contribution in [3.05, 3.63) is 36.1 Å². The quantitative estimate of drug-likeness (QED) is 0.716. The average molecular weight is 223 g/mol. The SMILES string of the molecule is C=C1NC(=O)CC/C1=C/C=C\C.CC.CC. The third kappa shape index (κ3) is 7.04. The van der Waals surface area contributed by atoms with E-state index in [0.717, 1.165) is 17.7 Å². The molecule has 1 N–H and O–H groups in total. The van der Waals surface area contributed by atoms with Gasteiger partial charge in [-0.1, -0.05) is 52.5 Å². The number of piperidine rings is 1. The van der Waals surface area contributed by atoms with Crippen molar-refractivity contribution in [2.45, 2.75) is 47.5 Å². The van der Waals surface area contributed by atoms with Crippen LogP contribution in [0.1, 0.15) is 47.5 Å². The molecule has 16 heavy (non-hydrogen) atoms. The molecule has 1 aliphatic heterocycles. The molecule has 0 aromatic heterocycles. The lowest BCUT2D eigenvalue weighted by Gasteiger charge is -2.17. The number of allylic oxidation sites excluding steroid dienone is 4. The molecule has 2 heteroatoms. The van der Waals surface area contributed by atoms with Crippen molar-refractivity contribution in [1.29, 1.82) is 0 Å². The van der Waals surface area contributed by atoms with Gasteiger partial charge in [0, 0.05) is 12.1 Å². The molecule has 0 saturated carbocycles. The van der Waals surface area contributed by atoms with E-state index >= 15 is 0 Å². The first-order valence-electron chi connectivity index (χ1n) is 6.05. The van der Waals surface area contributed by atoms with E-state index in [9.17, 15) is 4.79 Å². The van der Waals surface area contributed by atoms with E-state index in [1.807, 2.05) is 52.8 Å². The Hall–Kier alpha value is -1.31. The maximum Gasteiger partial charge on any atom is 0.224 e. The minimum atomic E-state index is 0.0672. The Morgan fingerprint density at radius 2 is 1.75 bits per heavy atom. The van der Waals surface area contributed by atoms with Gasteiger partial charge in [0.1, 0.15) is 0 Å². The lowest BCUT2D eigenvalue weighted by atomic mass is 10.0. The molecule has 0 aromatic carbocycles. The standard InChI is InChI=1S/C10H13NO.2C2H6/c1-3-4-5-9-6-7-10(12)11-8(9)2;2*1-2/h3-5H,2,6-7H2,1H3,(H,11,12);2*1-2H3/b4-3-,9-5-;;. The molecule has 1 heterocycles. The van der Waals surface area contributed by atoms with Crippen LogP contribution < -0.4 is 5.32 Å². The predicted octanol–water partition coefficient (Wildman–Crippen LogP) is 3.97. The summed E-state index contributed by atoms with van der Waals surface area (Å²) in [6, 6.07) is 0. The highest BCUT2D eigenvalue weighted by Crippen LogP contribution is 2.17. The second-order valence-corrected chi connectivity index (χ2v) is 2.74. The van der Waals surface area contributed by atoms with Gasteiger partial charge in [0.2, 0.25) is 5.91 Å². The van der Waals surface area contributed by atoms with Crippen molar-refractivity contribution in [3.8, 4) is 0 Å². The number of hydrogen-bond acceptors (Lipinski definition) is 1. The number of amides is 1. The summed E-state index contributed by atoms with van der Waals surface area (Å²) in [4.78, 5) is 10.9. The molecule has 1 saturated heterocycles. The van der Waals surface area contributed by atoms with Crippen LogP contribution in [0.15, 0.2) is 36.1 Å². The van der Waals surface area contributed by atoms with Gasteiger partial charge in [-0.25, -0.2) is 0 Å². The number of carbonyl (C=O) groups excluding carboxylic acids is 1. The fourth-order valence-electron chi connectivity index (χ4n) is 1.11. The van der Waals surface area contributed by atoms with Gasteiger partial charge in [0.15, 0.2) is 0 Å². The second kappa shape index (κ2) is 11.8. The van der Waals surface area contributed by atoms with E-state index in [2.05, 4.69) is 11.9 Å². The van der Waals surface area contributed by atoms with Crippen molar-refractivity contribution in [2.75, 3.05) is 0 Å². The normalized spacial score (nSPS) is 17.2. The summed E-state index contributed by atoms with van der Waals surface area (Å²) in [5.41, 5.74) is 1.86. The van der Waals surface area contributed by atoms with Gasteiger partial charge in [-0.05, 0) is 18.9 Å². The summed E-state index contributed by atoms with van der Waals surface area (Å²) in [5, 5.41) is 2.70. The van der Waals surface area contributed by atoms with Crippen LogP contribution in [0.25, 0.3) is 0 Å². The molecule has 1 rings (SSSR count). The maximum atomic E-state index is 10.9. The van der Waals surface area contributed by atoms with Gasteiger partial charge in [-0.2, -0.15) is 0 Å². The van der Waals surface area contributed by atoms with Crippen LogP contribution in [0.3, 0.4) is 0 Å². The van der Waals surface area contributed by atoms with Crippen LogP contribution in [-0.2, 0) is 4.79 Å². The van der Waals surface area contributed by atoms with Crippen molar-refractivity contribution in [3.63, 3.8) is 0 Å². The van der Waals surface area contributed by atoms with E-state index in [1.54, 1.807) is 0 Å². The molecule has 0 radical (unpaired) electrons. The lowest BCUT2D eigenvalue weighted by Crippen LogP contribution is -2.27. The third-order valence-electron chi connectivity index (χ3n) is 1.79. The Bertz CT molecular complexity index is 262. The van der Waals surface area contributed by atoms with Crippen LogP contribution >= 0.6 is 0 Å². The first-order chi connectivity index (χ1) is 7.74. The van der Waals surface area contributed by atoms with Crippen molar-refractivity contribution in [2.24, 2.45) is 0 Å². The molecule has 92 valence electrons. The summed E-state index contributed by atoms with van der Waals surface area (Å²) in [5.74, 6) is 0.0672. The summed E-state index contributed by atoms with van der Waals surface area (Å²) < 4.78 is 0. The fraction of sp³-hybridized carbons (Fsp3) is 0.500. The average Bonchev–Trinajstić information content (AvgIpc) is 2.33. The molecule has 0 atom stereocenters. The molecular weight excluding hydrogens is 198 g/mol. The zero-order chi connectivity index (χ0) is 13.0. The second-order valence-electron chi connectivity index (χ2n) is 2.74. The Morgan fingerprint density at radius 3 is 2.19 bits per heavy atom. The molecule has 2 nitrogen and oxygen atoms in total. The van der Waals surface area contributed by atoms with E-state index in [4.69, 9.17) is 0 Å². The zero-order valence-corrected chi connectivity index (χ0v) is 11.3. The number of nitrogens with one attached hydrogen (secondary N) is 1. The van der Waals surface area contributed by atoms with Crippen LogP contribution in [-0.4, -0.2) is 5.91 Å². The summed E-state index contributed by atoms with van der Waals surface area (Å²) in [7, 11) is 0. The molecule has 0 aromatic rings. The van der Waals surface area contributed by atoms with E-state index in [-0.39, 0.29) is 5.91 Å². The maximum absolute atomic E-state index is 10.9. The van der Waals surface area contributed by atoms with Crippen LogP contribution in [0, 0.1) is 0 Å². The molecule has 0 spiro atoms. The number of hydrogen-bond donors (Lipinski definition) is 1. The fourth-order valence-corrected chi connectivity index (χ4v) is 1.11. The molecule has 0 unspecified atom stereocenters. The molecular formula is C14H25NO. The topological polar surface area (TPSA) is 29.1 Å². The smallest absolute Gasteiger partial charge is 0.224 e. The highest BCUT2D eigenvalue weighted by Gasteiger charge is 2.13.